The third-order valence-electron chi connectivity index (χ3n) is 5.14. The van der Waals surface area contributed by atoms with Gasteiger partial charge >= 0.3 is 0 Å². The minimum absolute atomic E-state index is 0.813. The normalized spacial score (nSPS) is 10.8. The number of aromatic nitrogens is 5. The summed E-state index contributed by atoms with van der Waals surface area (Å²) in [4.78, 5) is 23.0. The lowest BCUT2D eigenvalue weighted by Gasteiger charge is -2.09. The first-order valence-corrected chi connectivity index (χ1v) is 10.6. The zero-order valence-electron chi connectivity index (χ0n) is 17.5. The van der Waals surface area contributed by atoms with Crippen LogP contribution in [0.2, 0.25) is 0 Å². The van der Waals surface area contributed by atoms with E-state index in [-0.39, 0.29) is 0 Å². The molecular weight excluding hydrogens is 394 g/mol. The van der Waals surface area contributed by atoms with Gasteiger partial charge in [0.1, 0.15) is 0 Å². The lowest BCUT2D eigenvalue weighted by atomic mass is 10.0. The summed E-state index contributed by atoms with van der Waals surface area (Å²) in [5, 5.41) is 0. The van der Waals surface area contributed by atoms with Crippen molar-refractivity contribution < 1.29 is 0 Å². The summed E-state index contributed by atoms with van der Waals surface area (Å²) in [5.41, 5.74) is 7.37. The summed E-state index contributed by atoms with van der Waals surface area (Å²) in [5.74, 6) is 0. The summed E-state index contributed by atoms with van der Waals surface area (Å²) < 4.78 is 0. The fourth-order valence-corrected chi connectivity index (χ4v) is 3.57. The van der Waals surface area contributed by atoms with E-state index in [1.165, 1.54) is 5.56 Å². The van der Waals surface area contributed by atoms with Gasteiger partial charge in [0.05, 0.1) is 34.2 Å². The Hall–Kier alpha value is -4.25. The van der Waals surface area contributed by atoms with E-state index in [4.69, 9.17) is 9.97 Å². The summed E-state index contributed by atoms with van der Waals surface area (Å²) in [6.45, 7) is 0. The van der Waals surface area contributed by atoms with Crippen LogP contribution in [-0.2, 0) is 12.8 Å². The van der Waals surface area contributed by atoms with Gasteiger partial charge in [-0.3, -0.25) is 19.9 Å². The van der Waals surface area contributed by atoms with Crippen LogP contribution in [0.15, 0.2) is 104 Å². The van der Waals surface area contributed by atoms with Crippen molar-refractivity contribution in [1.82, 2.24) is 24.9 Å². The van der Waals surface area contributed by atoms with Gasteiger partial charge in [-0.15, -0.1) is 0 Å². The lowest BCUT2D eigenvalue weighted by molar-refractivity contribution is 0.912. The first-order chi connectivity index (χ1) is 15.8. The largest absolute Gasteiger partial charge is 0.255 e. The van der Waals surface area contributed by atoms with Crippen LogP contribution in [0.25, 0.3) is 34.2 Å². The molecule has 0 spiro atoms. The molecule has 0 saturated heterocycles. The van der Waals surface area contributed by atoms with Crippen LogP contribution in [0, 0.1) is 0 Å². The van der Waals surface area contributed by atoms with Gasteiger partial charge in [0.2, 0.25) is 0 Å². The summed E-state index contributed by atoms with van der Waals surface area (Å²) in [6.07, 6.45) is 7.02. The van der Waals surface area contributed by atoms with Crippen molar-refractivity contribution in [3.8, 4) is 34.2 Å². The van der Waals surface area contributed by atoms with Crippen molar-refractivity contribution in [1.29, 1.82) is 0 Å². The zero-order chi connectivity index (χ0) is 21.6. The predicted octanol–water partition coefficient (Wildman–Crippen LogP) is 5.45. The topological polar surface area (TPSA) is 64.5 Å². The molecule has 5 nitrogen and oxygen atoms in total. The Bertz CT molecular complexity index is 1250. The van der Waals surface area contributed by atoms with Gasteiger partial charge < -0.3 is 0 Å². The number of aryl methyl sites for hydroxylation is 2. The third-order valence-corrected chi connectivity index (χ3v) is 5.14. The number of rotatable bonds is 6. The highest BCUT2D eigenvalue weighted by molar-refractivity contribution is 5.63. The van der Waals surface area contributed by atoms with Crippen LogP contribution in [0.4, 0.5) is 0 Å². The van der Waals surface area contributed by atoms with Gasteiger partial charge in [-0.1, -0.05) is 24.3 Å². The maximum Gasteiger partial charge on any atom is 0.0897 e. The van der Waals surface area contributed by atoms with Gasteiger partial charge in [0, 0.05) is 24.3 Å². The van der Waals surface area contributed by atoms with E-state index in [9.17, 15) is 0 Å². The van der Waals surface area contributed by atoms with Crippen LogP contribution in [-0.4, -0.2) is 24.9 Å². The molecule has 0 amide bonds. The lowest BCUT2D eigenvalue weighted by Crippen LogP contribution is -1.99. The molecule has 0 atom stereocenters. The third kappa shape index (κ3) is 4.57. The molecule has 5 aromatic rings. The van der Waals surface area contributed by atoms with Crippen molar-refractivity contribution in [2.24, 2.45) is 0 Å². The molecule has 5 aromatic heterocycles. The first kappa shape index (κ1) is 19.7. The fraction of sp³-hybridized carbons (Fsp3) is 0.0741. The molecular formula is C27H21N5. The molecule has 5 rings (SSSR count). The minimum Gasteiger partial charge on any atom is -0.255 e. The molecule has 154 valence electrons. The summed E-state index contributed by atoms with van der Waals surface area (Å²) in [7, 11) is 0. The van der Waals surface area contributed by atoms with E-state index in [0.717, 1.165) is 52.7 Å². The second-order valence-electron chi connectivity index (χ2n) is 7.40. The van der Waals surface area contributed by atoms with Crippen molar-refractivity contribution in [3.05, 3.63) is 115 Å². The minimum atomic E-state index is 0.813. The van der Waals surface area contributed by atoms with Crippen molar-refractivity contribution in [2.75, 3.05) is 0 Å². The predicted molar refractivity (Wildman–Crippen MR) is 126 cm³/mol. The highest BCUT2D eigenvalue weighted by Crippen LogP contribution is 2.23. The van der Waals surface area contributed by atoms with Gasteiger partial charge in [-0.05, 0) is 79.1 Å². The average molecular weight is 416 g/mol. The SMILES string of the molecule is c1ccc(-c2cccc(CCc3cc(-c4ccccn4)nc(-c4ccccn4)c3)n2)nc1. The van der Waals surface area contributed by atoms with Crippen molar-refractivity contribution in [3.63, 3.8) is 0 Å². The Labute approximate surface area is 186 Å². The van der Waals surface area contributed by atoms with E-state index < -0.39 is 0 Å². The number of hydrogen-bond donors (Lipinski definition) is 0. The van der Waals surface area contributed by atoms with Gasteiger partial charge in [0.25, 0.3) is 0 Å². The van der Waals surface area contributed by atoms with Gasteiger partial charge in [-0.2, -0.15) is 0 Å². The Kier molecular flexibility index (Phi) is 5.70. The Balaban J connectivity index is 1.45. The number of pyridine rings is 5. The summed E-state index contributed by atoms with van der Waals surface area (Å²) in [6, 6.07) is 27.9. The Morgan fingerprint density at radius 1 is 0.438 bits per heavy atom. The maximum atomic E-state index is 4.83. The van der Waals surface area contributed by atoms with Crippen LogP contribution in [0.3, 0.4) is 0 Å². The fourth-order valence-electron chi connectivity index (χ4n) is 3.57. The molecule has 0 unspecified atom stereocenters. The summed E-state index contributed by atoms with van der Waals surface area (Å²) >= 11 is 0. The molecule has 5 heteroatoms. The van der Waals surface area contributed by atoms with E-state index in [2.05, 4.69) is 33.2 Å². The Morgan fingerprint density at radius 3 is 1.50 bits per heavy atom. The zero-order valence-corrected chi connectivity index (χ0v) is 17.5. The van der Waals surface area contributed by atoms with Crippen LogP contribution >= 0.6 is 0 Å². The van der Waals surface area contributed by atoms with Gasteiger partial charge in [0.15, 0.2) is 0 Å². The average Bonchev–Trinajstić information content (AvgIpc) is 2.89. The quantitative estimate of drug-likeness (QED) is 0.369. The van der Waals surface area contributed by atoms with E-state index in [0.29, 0.717) is 0 Å². The molecule has 0 saturated carbocycles. The monoisotopic (exact) mass is 415 g/mol. The maximum absolute atomic E-state index is 4.83. The Morgan fingerprint density at radius 2 is 0.969 bits per heavy atom. The van der Waals surface area contributed by atoms with Crippen molar-refractivity contribution >= 4 is 0 Å². The van der Waals surface area contributed by atoms with E-state index in [1.807, 2.05) is 66.7 Å². The highest BCUT2D eigenvalue weighted by Gasteiger charge is 2.10. The van der Waals surface area contributed by atoms with Crippen LogP contribution < -0.4 is 0 Å². The van der Waals surface area contributed by atoms with Crippen LogP contribution in [0.1, 0.15) is 11.3 Å². The molecule has 0 N–H and O–H groups in total. The number of nitrogens with zero attached hydrogens (tertiary/aromatic N) is 5. The molecule has 5 heterocycles. The van der Waals surface area contributed by atoms with Crippen LogP contribution in [0.5, 0.6) is 0 Å². The first-order valence-electron chi connectivity index (χ1n) is 10.6. The molecule has 32 heavy (non-hydrogen) atoms. The molecule has 0 aliphatic heterocycles. The number of hydrogen-bond acceptors (Lipinski definition) is 5. The molecule has 0 bridgehead atoms. The molecule has 0 aromatic carbocycles. The van der Waals surface area contributed by atoms with E-state index in [1.54, 1.807) is 18.6 Å². The molecule has 0 aliphatic rings. The second-order valence-corrected chi connectivity index (χ2v) is 7.40. The molecule has 0 aliphatic carbocycles. The standard InChI is InChI=1S/C27H21N5/c1-4-15-28-22(9-1)25-12-7-8-21(31-25)14-13-20-18-26(23-10-2-5-16-29-23)32-27(19-20)24-11-3-6-17-30-24/h1-12,15-19H,13-14H2. The van der Waals surface area contributed by atoms with Crippen molar-refractivity contribution in [2.45, 2.75) is 12.8 Å². The molecule has 0 radical (unpaired) electrons. The second kappa shape index (κ2) is 9.27. The van der Waals surface area contributed by atoms with Gasteiger partial charge in [-0.25, -0.2) is 4.98 Å². The van der Waals surface area contributed by atoms with E-state index >= 15 is 0 Å². The highest BCUT2D eigenvalue weighted by atomic mass is 14.8. The molecule has 0 fully saturated rings. The smallest absolute Gasteiger partial charge is 0.0897 e.